The number of aliphatic hydroxyl groups is 1. The summed E-state index contributed by atoms with van der Waals surface area (Å²) in [6, 6.07) is 9.84. The Balaban J connectivity index is 1.67. The second kappa shape index (κ2) is 6.76. The van der Waals surface area contributed by atoms with Crippen LogP contribution in [0.2, 0.25) is 0 Å². The summed E-state index contributed by atoms with van der Waals surface area (Å²) in [4.78, 5) is 14.1. The summed E-state index contributed by atoms with van der Waals surface area (Å²) in [6.45, 7) is 0.446. The molecule has 2 heterocycles. The van der Waals surface area contributed by atoms with Gasteiger partial charge in [-0.25, -0.2) is 4.68 Å². The molecule has 0 bridgehead atoms. The maximum Gasteiger partial charge on any atom is 0.254 e. The molecule has 1 N–H and O–H groups in total. The Labute approximate surface area is 140 Å². The van der Waals surface area contributed by atoms with Gasteiger partial charge >= 0.3 is 0 Å². The number of carbonyl (C=O) groups excluding carboxylic acids is 1. The number of para-hydroxylation sites is 1. The Hall–Kier alpha value is -1.79. The number of benzene rings is 1. The molecule has 1 aliphatic heterocycles. The van der Waals surface area contributed by atoms with E-state index in [0.29, 0.717) is 19.4 Å². The van der Waals surface area contributed by atoms with Crippen LogP contribution in [0.1, 0.15) is 18.4 Å². The SMILES string of the molecule is CN(Cc1cnn(-c2ccccc2)c1)C(=O)C1(O)CCSCC1. The number of likely N-dealkylation sites (N-methyl/N-ethyl adjacent to an activating group) is 1. The Morgan fingerprint density at radius 2 is 2.04 bits per heavy atom. The van der Waals surface area contributed by atoms with Crippen molar-refractivity contribution < 1.29 is 9.90 Å². The quantitative estimate of drug-likeness (QED) is 0.932. The third kappa shape index (κ3) is 3.59. The van der Waals surface area contributed by atoms with Crippen LogP contribution in [0.5, 0.6) is 0 Å². The minimum Gasteiger partial charge on any atom is -0.380 e. The lowest BCUT2D eigenvalue weighted by Gasteiger charge is -2.33. The molecule has 0 spiro atoms. The number of carbonyl (C=O) groups is 1. The second-order valence-electron chi connectivity index (χ2n) is 5.93. The van der Waals surface area contributed by atoms with Gasteiger partial charge in [0.1, 0.15) is 5.60 Å². The molecular formula is C17H21N3O2S. The van der Waals surface area contributed by atoms with Gasteiger partial charge in [0.05, 0.1) is 11.9 Å². The van der Waals surface area contributed by atoms with Crippen LogP contribution in [0.25, 0.3) is 5.69 Å². The summed E-state index contributed by atoms with van der Waals surface area (Å²) < 4.78 is 1.79. The van der Waals surface area contributed by atoms with E-state index in [2.05, 4.69) is 5.10 Å². The minimum absolute atomic E-state index is 0.190. The van der Waals surface area contributed by atoms with E-state index in [1.165, 1.54) is 0 Å². The van der Waals surface area contributed by atoms with Crippen LogP contribution in [-0.4, -0.2) is 49.8 Å². The predicted molar refractivity (Wildman–Crippen MR) is 91.5 cm³/mol. The molecule has 1 aliphatic rings. The van der Waals surface area contributed by atoms with E-state index in [9.17, 15) is 9.90 Å². The highest BCUT2D eigenvalue weighted by molar-refractivity contribution is 7.99. The van der Waals surface area contributed by atoms with E-state index in [-0.39, 0.29) is 5.91 Å². The van der Waals surface area contributed by atoms with Gasteiger partial charge in [-0.1, -0.05) is 18.2 Å². The third-order valence-corrected chi connectivity index (χ3v) is 5.13. The second-order valence-corrected chi connectivity index (χ2v) is 7.16. The van der Waals surface area contributed by atoms with Crippen LogP contribution in [0.15, 0.2) is 42.7 Å². The Morgan fingerprint density at radius 3 is 2.74 bits per heavy atom. The van der Waals surface area contributed by atoms with E-state index in [4.69, 9.17) is 0 Å². The lowest BCUT2D eigenvalue weighted by atomic mass is 9.95. The highest BCUT2D eigenvalue weighted by Crippen LogP contribution is 2.28. The van der Waals surface area contributed by atoms with E-state index in [1.807, 2.05) is 36.5 Å². The summed E-state index contributed by atoms with van der Waals surface area (Å²) in [5.74, 6) is 1.48. The molecule has 3 rings (SSSR count). The van der Waals surface area contributed by atoms with Crippen LogP contribution in [0.3, 0.4) is 0 Å². The number of nitrogens with zero attached hydrogens (tertiary/aromatic N) is 3. The first kappa shape index (κ1) is 16.1. The molecular weight excluding hydrogens is 310 g/mol. The van der Waals surface area contributed by atoms with Gasteiger partial charge in [0, 0.05) is 25.4 Å². The first-order valence-electron chi connectivity index (χ1n) is 7.73. The van der Waals surface area contributed by atoms with E-state index in [1.54, 1.807) is 34.6 Å². The molecule has 1 aromatic carbocycles. The first-order valence-corrected chi connectivity index (χ1v) is 8.89. The normalized spacial score (nSPS) is 17.0. The summed E-state index contributed by atoms with van der Waals surface area (Å²) in [5.41, 5.74) is 0.726. The molecule has 0 aliphatic carbocycles. The number of amides is 1. The molecule has 1 saturated heterocycles. The van der Waals surface area contributed by atoms with E-state index >= 15 is 0 Å². The fourth-order valence-corrected chi connectivity index (χ4v) is 3.96. The van der Waals surface area contributed by atoms with Crippen molar-refractivity contribution in [3.63, 3.8) is 0 Å². The zero-order chi connectivity index (χ0) is 16.3. The predicted octanol–water partition coefficient (Wildman–Crippen LogP) is 2.09. The lowest BCUT2D eigenvalue weighted by molar-refractivity contribution is -0.151. The molecule has 0 radical (unpaired) electrons. The van der Waals surface area contributed by atoms with Crippen LogP contribution in [-0.2, 0) is 11.3 Å². The van der Waals surface area contributed by atoms with Crippen molar-refractivity contribution in [1.29, 1.82) is 0 Å². The fourth-order valence-electron chi connectivity index (χ4n) is 2.79. The highest BCUT2D eigenvalue weighted by atomic mass is 32.2. The van der Waals surface area contributed by atoms with Crippen molar-refractivity contribution >= 4 is 17.7 Å². The lowest BCUT2D eigenvalue weighted by Crippen LogP contribution is -2.49. The van der Waals surface area contributed by atoms with Crippen molar-refractivity contribution in [2.75, 3.05) is 18.6 Å². The molecule has 0 saturated carbocycles. The Kier molecular flexibility index (Phi) is 4.73. The first-order chi connectivity index (χ1) is 11.1. The third-order valence-electron chi connectivity index (χ3n) is 4.14. The van der Waals surface area contributed by atoms with Crippen molar-refractivity contribution in [2.45, 2.75) is 25.0 Å². The van der Waals surface area contributed by atoms with Crippen molar-refractivity contribution in [3.05, 3.63) is 48.3 Å². The Morgan fingerprint density at radius 1 is 1.35 bits per heavy atom. The topological polar surface area (TPSA) is 58.4 Å². The van der Waals surface area contributed by atoms with Gasteiger partial charge in [-0.2, -0.15) is 16.9 Å². The Bertz CT molecular complexity index is 665. The molecule has 6 heteroatoms. The number of rotatable bonds is 4. The van der Waals surface area contributed by atoms with E-state index in [0.717, 1.165) is 22.8 Å². The molecule has 1 fully saturated rings. The summed E-state index contributed by atoms with van der Waals surface area (Å²) in [5, 5.41) is 14.9. The number of thioether (sulfide) groups is 1. The van der Waals surface area contributed by atoms with Gasteiger partial charge in [-0.15, -0.1) is 0 Å². The van der Waals surface area contributed by atoms with Crippen molar-refractivity contribution in [3.8, 4) is 5.69 Å². The number of hydrogen-bond donors (Lipinski definition) is 1. The number of hydrogen-bond acceptors (Lipinski definition) is 4. The fraction of sp³-hybridized carbons (Fsp3) is 0.412. The zero-order valence-corrected chi connectivity index (χ0v) is 14.0. The minimum atomic E-state index is -1.20. The molecule has 1 amide bonds. The van der Waals surface area contributed by atoms with Gasteiger partial charge in [-0.05, 0) is 36.5 Å². The monoisotopic (exact) mass is 331 g/mol. The summed E-state index contributed by atoms with van der Waals surface area (Å²) >= 11 is 1.79. The van der Waals surface area contributed by atoms with E-state index < -0.39 is 5.60 Å². The summed E-state index contributed by atoms with van der Waals surface area (Å²) in [7, 11) is 1.74. The van der Waals surface area contributed by atoms with Gasteiger partial charge in [0.25, 0.3) is 5.91 Å². The average Bonchev–Trinajstić information content (AvgIpc) is 3.04. The maximum atomic E-state index is 12.5. The summed E-state index contributed by atoms with van der Waals surface area (Å²) in [6.07, 6.45) is 4.74. The van der Waals surface area contributed by atoms with Crippen LogP contribution < -0.4 is 0 Å². The zero-order valence-electron chi connectivity index (χ0n) is 13.2. The highest BCUT2D eigenvalue weighted by Gasteiger charge is 2.39. The van der Waals surface area contributed by atoms with Crippen LogP contribution in [0, 0.1) is 0 Å². The molecule has 122 valence electrons. The van der Waals surface area contributed by atoms with Crippen LogP contribution in [0.4, 0.5) is 0 Å². The van der Waals surface area contributed by atoms with Gasteiger partial charge in [0.2, 0.25) is 0 Å². The average molecular weight is 331 g/mol. The van der Waals surface area contributed by atoms with Gasteiger partial charge in [-0.3, -0.25) is 4.79 Å². The van der Waals surface area contributed by atoms with Crippen molar-refractivity contribution in [1.82, 2.24) is 14.7 Å². The molecule has 5 nitrogen and oxygen atoms in total. The van der Waals surface area contributed by atoms with Crippen molar-refractivity contribution in [2.24, 2.45) is 0 Å². The molecule has 2 aromatic rings. The molecule has 0 unspecified atom stereocenters. The molecule has 23 heavy (non-hydrogen) atoms. The maximum absolute atomic E-state index is 12.5. The van der Waals surface area contributed by atoms with Gasteiger partial charge < -0.3 is 10.0 Å². The standard InChI is InChI=1S/C17H21N3O2S/c1-19(16(21)17(22)7-9-23-10-8-17)12-14-11-18-20(13-14)15-5-3-2-4-6-15/h2-6,11,13,22H,7-10,12H2,1H3. The largest absolute Gasteiger partial charge is 0.380 e. The molecule has 0 atom stereocenters. The van der Waals surface area contributed by atoms with Gasteiger partial charge in [0.15, 0.2) is 0 Å². The molecule has 1 aromatic heterocycles. The van der Waals surface area contributed by atoms with Crippen LogP contribution >= 0.6 is 11.8 Å². The smallest absolute Gasteiger partial charge is 0.254 e. The number of aromatic nitrogens is 2.